The topological polar surface area (TPSA) is 42.1 Å². The molecule has 0 bridgehead atoms. The molecule has 2 aliphatic rings. The Morgan fingerprint density at radius 1 is 1.29 bits per heavy atom. The second kappa shape index (κ2) is 4.75. The van der Waals surface area contributed by atoms with Crippen LogP contribution >= 0.6 is 0 Å². The second-order valence-electron chi connectivity index (χ2n) is 5.41. The van der Waals surface area contributed by atoms with E-state index in [1.165, 1.54) is 44.2 Å². The molecule has 3 heteroatoms. The Hall–Kier alpha value is -0.930. The first-order valence-electron chi connectivity index (χ1n) is 6.76. The summed E-state index contributed by atoms with van der Waals surface area (Å²) in [6.07, 6.45) is 10.1. The summed E-state index contributed by atoms with van der Waals surface area (Å²) in [5.41, 5.74) is 7.42. The molecule has 3 unspecified atom stereocenters. The van der Waals surface area contributed by atoms with E-state index in [0.717, 1.165) is 0 Å². The first-order chi connectivity index (χ1) is 8.34. The quantitative estimate of drug-likeness (QED) is 0.847. The SMILES string of the molecule is NC1CCC(N2CCCC2c2cccnc2)C1. The van der Waals surface area contributed by atoms with Gasteiger partial charge in [-0.15, -0.1) is 0 Å². The first-order valence-corrected chi connectivity index (χ1v) is 6.76. The van der Waals surface area contributed by atoms with E-state index in [4.69, 9.17) is 5.73 Å². The highest BCUT2D eigenvalue weighted by Crippen LogP contribution is 2.37. The number of likely N-dealkylation sites (tertiary alicyclic amines) is 1. The lowest BCUT2D eigenvalue weighted by Gasteiger charge is -2.30. The largest absolute Gasteiger partial charge is 0.328 e. The summed E-state index contributed by atoms with van der Waals surface area (Å²) < 4.78 is 0. The highest BCUT2D eigenvalue weighted by molar-refractivity contribution is 5.16. The average Bonchev–Trinajstić information content (AvgIpc) is 2.98. The van der Waals surface area contributed by atoms with Crippen molar-refractivity contribution < 1.29 is 0 Å². The van der Waals surface area contributed by atoms with Crippen molar-refractivity contribution in [1.29, 1.82) is 0 Å². The molecule has 0 aromatic carbocycles. The van der Waals surface area contributed by atoms with E-state index in [1.807, 2.05) is 18.5 Å². The van der Waals surface area contributed by atoms with Gasteiger partial charge in [-0.25, -0.2) is 0 Å². The molecule has 1 saturated heterocycles. The molecule has 17 heavy (non-hydrogen) atoms. The van der Waals surface area contributed by atoms with Crippen molar-refractivity contribution in [2.45, 2.75) is 50.2 Å². The molecule has 3 rings (SSSR count). The van der Waals surface area contributed by atoms with Crippen LogP contribution < -0.4 is 5.73 Å². The zero-order valence-electron chi connectivity index (χ0n) is 10.3. The van der Waals surface area contributed by atoms with Gasteiger partial charge >= 0.3 is 0 Å². The predicted molar refractivity (Wildman–Crippen MR) is 68.5 cm³/mol. The molecule has 3 atom stereocenters. The minimum Gasteiger partial charge on any atom is -0.328 e. The molecule has 2 N–H and O–H groups in total. The van der Waals surface area contributed by atoms with Crippen LogP contribution in [-0.4, -0.2) is 28.5 Å². The normalized spacial score (nSPS) is 34.3. The van der Waals surface area contributed by atoms with Gasteiger partial charge in [-0.3, -0.25) is 9.88 Å². The zero-order valence-corrected chi connectivity index (χ0v) is 10.3. The van der Waals surface area contributed by atoms with Crippen molar-refractivity contribution in [3.05, 3.63) is 30.1 Å². The number of hydrogen-bond acceptors (Lipinski definition) is 3. The monoisotopic (exact) mass is 231 g/mol. The van der Waals surface area contributed by atoms with Crippen LogP contribution in [0.15, 0.2) is 24.5 Å². The van der Waals surface area contributed by atoms with E-state index in [9.17, 15) is 0 Å². The van der Waals surface area contributed by atoms with E-state index in [1.54, 1.807) is 0 Å². The molecular formula is C14H21N3. The minimum absolute atomic E-state index is 0.426. The number of nitrogens with two attached hydrogens (primary N) is 1. The summed E-state index contributed by atoms with van der Waals surface area (Å²) in [5.74, 6) is 0. The van der Waals surface area contributed by atoms with Gasteiger partial charge in [0.1, 0.15) is 0 Å². The van der Waals surface area contributed by atoms with Crippen LogP contribution in [0.25, 0.3) is 0 Å². The third-order valence-corrected chi connectivity index (χ3v) is 4.28. The van der Waals surface area contributed by atoms with Crippen LogP contribution in [-0.2, 0) is 0 Å². The maximum absolute atomic E-state index is 6.04. The van der Waals surface area contributed by atoms with Crippen molar-refractivity contribution in [2.75, 3.05) is 6.54 Å². The summed E-state index contributed by atoms with van der Waals surface area (Å²) in [4.78, 5) is 6.92. The van der Waals surface area contributed by atoms with Gasteiger partial charge in [-0.2, -0.15) is 0 Å². The Morgan fingerprint density at radius 2 is 2.24 bits per heavy atom. The standard InChI is InChI=1S/C14H21N3/c15-12-5-6-13(9-12)17-8-2-4-14(17)11-3-1-7-16-10-11/h1,3,7,10,12-14H,2,4-6,8-9,15H2. The van der Waals surface area contributed by atoms with E-state index in [-0.39, 0.29) is 0 Å². The summed E-state index contributed by atoms with van der Waals surface area (Å²) in [7, 11) is 0. The van der Waals surface area contributed by atoms with Crippen LogP contribution in [0, 0.1) is 0 Å². The lowest BCUT2D eigenvalue weighted by molar-refractivity contribution is 0.181. The zero-order chi connectivity index (χ0) is 11.7. The molecule has 0 amide bonds. The van der Waals surface area contributed by atoms with Crippen molar-refractivity contribution in [1.82, 2.24) is 9.88 Å². The molecule has 2 heterocycles. The Bertz CT molecular complexity index is 365. The maximum atomic E-state index is 6.04. The van der Waals surface area contributed by atoms with Crippen LogP contribution in [0.3, 0.4) is 0 Å². The lowest BCUT2D eigenvalue weighted by atomic mass is 10.0. The minimum atomic E-state index is 0.426. The number of hydrogen-bond donors (Lipinski definition) is 1. The van der Waals surface area contributed by atoms with Crippen molar-refractivity contribution >= 4 is 0 Å². The predicted octanol–water partition coefficient (Wildman–Crippen LogP) is 2.10. The van der Waals surface area contributed by atoms with Crippen LogP contribution in [0.4, 0.5) is 0 Å². The van der Waals surface area contributed by atoms with Crippen LogP contribution in [0.2, 0.25) is 0 Å². The molecule has 0 radical (unpaired) electrons. The van der Waals surface area contributed by atoms with E-state index >= 15 is 0 Å². The summed E-state index contributed by atoms with van der Waals surface area (Å²) in [5, 5.41) is 0. The van der Waals surface area contributed by atoms with E-state index in [0.29, 0.717) is 18.1 Å². The molecule has 1 aromatic rings. The number of pyridine rings is 1. The highest BCUT2D eigenvalue weighted by Gasteiger charge is 2.35. The van der Waals surface area contributed by atoms with E-state index in [2.05, 4.69) is 16.0 Å². The third kappa shape index (κ3) is 2.22. The molecule has 1 aliphatic carbocycles. The molecule has 1 aliphatic heterocycles. The summed E-state index contributed by atoms with van der Waals surface area (Å²) in [6.45, 7) is 1.23. The van der Waals surface area contributed by atoms with Gasteiger partial charge in [0, 0.05) is 30.5 Å². The van der Waals surface area contributed by atoms with Gasteiger partial charge in [-0.1, -0.05) is 6.07 Å². The summed E-state index contributed by atoms with van der Waals surface area (Å²) >= 11 is 0. The second-order valence-corrected chi connectivity index (χ2v) is 5.41. The van der Waals surface area contributed by atoms with Crippen LogP contribution in [0.1, 0.15) is 43.7 Å². The molecule has 2 fully saturated rings. The number of rotatable bonds is 2. The maximum Gasteiger partial charge on any atom is 0.0366 e. The molecular weight excluding hydrogens is 210 g/mol. The molecule has 92 valence electrons. The van der Waals surface area contributed by atoms with Crippen LogP contribution in [0.5, 0.6) is 0 Å². The fourth-order valence-corrected chi connectivity index (χ4v) is 3.45. The van der Waals surface area contributed by atoms with Crippen molar-refractivity contribution in [2.24, 2.45) is 5.73 Å². The van der Waals surface area contributed by atoms with Crippen molar-refractivity contribution in [3.63, 3.8) is 0 Å². The fraction of sp³-hybridized carbons (Fsp3) is 0.643. The third-order valence-electron chi connectivity index (χ3n) is 4.28. The van der Waals surface area contributed by atoms with Crippen molar-refractivity contribution in [3.8, 4) is 0 Å². The number of nitrogens with zero attached hydrogens (tertiary/aromatic N) is 2. The fourth-order valence-electron chi connectivity index (χ4n) is 3.45. The van der Waals surface area contributed by atoms with Gasteiger partial charge in [0.05, 0.1) is 0 Å². The lowest BCUT2D eigenvalue weighted by Crippen LogP contribution is -2.34. The molecule has 3 nitrogen and oxygen atoms in total. The first kappa shape index (κ1) is 11.2. The van der Waals surface area contributed by atoms with Gasteiger partial charge in [0.15, 0.2) is 0 Å². The molecule has 0 spiro atoms. The smallest absolute Gasteiger partial charge is 0.0366 e. The summed E-state index contributed by atoms with van der Waals surface area (Å²) in [6, 6.07) is 5.98. The average molecular weight is 231 g/mol. The van der Waals surface area contributed by atoms with Gasteiger partial charge in [-0.05, 0) is 50.3 Å². The number of aromatic nitrogens is 1. The Morgan fingerprint density at radius 3 is 2.94 bits per heavy atom. The van der Waals surface area contributed by atoms with Gasteiger partial charge < -0.3 is 5.73 Å². The highest BCUT2D eigenvalue weighted by atomic mass is 15.2. The van der Waals surface area contributed by atoms with E-state index < -0.39 is 0 Å². The Labute approximate surface area is 103 Å². The molecule has 1 saturated carbocycles. The molecule has 1 aromatic heterocycles. The Balaban J connectivity index is 1.76. The van der Waals surface area contributed by atoms with Gasteiger partial charge in [0.2, 0.25) is 0 Å². The Kier molecular flexibility index (Phi) is 3.12. The van der Waals surface area contributed by atoms with Gasteiger partial charge in [0.25, 0.3) is 0 Å².